The molecule has 0 bridgehead atoms. The van der Waals surface area contributed by atoms with Gasteiger partial charge >= 0.3 is 0 Å². The molecule has 3 rings (SSSR count). The summed E-state index contributed by atoms with van der Waals surface area (Å²) >= 11 is 0. The zero-order chi connectivity index (χ0) is 20.8. The van der Waals surface area contributed by atoms with Gasteiger partial charge in [0, 0.05) is 12.1 Å². The molecule has 0 saturated heterocycles. The molecule has 0 fully saturated rings. The first kappa shape index (κ1) is 20.7. The van der Waals surface area contributed by atoms with E-state index in [2.05, 4.69) is 29.6 Å². The largest absolute Gasteiger partial charge is 0.493 e. The molecule has 0 aromatic heterocycles. The summed E-state index contributed by atoms with van der Waals surface area (Å²) < 4.78 is 10.8. The lowest BCUT2D eigenvalue weighted by Gasteiger charge is -2.21. The first-order chi connectivity index (χ1) is 14.0. The monoisotopic (exact) mass is 392 g/mol. The molecular formula is C24H28N2O3. The van der Waals surface area contributed by atoms with Crippen molar-refractivity contribution in [1.82, 2.24) is 10.2 Å². The summed E-state index contributed by atoms with van der Waals surface area (Å²) in [5.74, 6) is 1.37. The maximum Gasteiger partial charge on any atom is 0.234 e. The van der Waals surface area contributed by atoms with Crippen molar-refractivity contribution in [2.75, 3.05) is 27.8 Å². The number of carbonyl (C=O) groups is 1. The Kier molecular flexibility index (Phi) is 6.73. The SMILES string of the molecule is COc1cccc(CN(C)CC(=O)N[C@H](C)c2cccc3ccccc23)c1OC. The molecule has 0 aliphatic carbocycles. The Morgan fingerprint density at radius 3 is 2.48 bits per heavy atom. The van der Waals surface area contributed by atoms with Crippen molar-refractivity contribution >= 4 is 16.7 Å². The van der Waals surface area contributed by atoms with Crippen LogP contribution in [0.3, 0.4) is 0 Å². The number of benzene rings is 3. The van der Waals surface area contributed by atoms with Crippen LogP contribution in [0.2, 0.25) is 0 Å². The van der Waals surface area contributed by atoms with E-state index in [0.29, 0.717) is 18.0 Å². The molecule has 0 radical (unpaired) electrons. The van der Waals surface area contributed by atoms with Crippen molar-refractivity contribution in [2.45, 2.75) is 19.5 Å². The van der Waals surface area contributed by atoms with Gasteiger partial charge in [-0.2, -0.15) is 0 Å². The van der Waals surface area contributed by atoms with Crippen molar-refractivity contribution in [3.05, 3.63) is 71.8 Å². The number of nitrogens with one attached hydrogen (secondary N) is 1. The Balaban J connectivity index is 1.65. The number of fused-ring (bicyclic) bond motifs is 1. The Bertz CT molecular complexity index is 982. The van der Waals surface area contributed by atoms with Crippen molar-refractivity contribution in [3.63, 3.8) is 0 Å². The van der Waals surface area contributed by atoms with Gasteiger partial charge in [0.25, 0.3) is 0 Å². The quantitative estimate of drug-likeness (QED) is 0.625. The molecule has 0 aliphatic rings. The third-order valence-corrected chi connectivity index (χ3v) is 5.01. The number of nitrogens with zero attached hydrogens (tertiary/aromatic N) is 1. The van der Waals surface area contributed by atoms with Crippen LogP contribution >= 0.6 is 0 Å². The number of rotatable bonds is 8. The molecule has 0 unspecified atom stereocenters. The van der Waals surface area contributed by atoms with Crippen LogP contribution in [0.15, 0.2) is 60.7 Å². The molecule has 5 nitrogen and oxygen atoms in total. The van der Waals surface area contributed by atoms with Crippen molar-refractivity contribution < 1.29 is 14.3 Å². The number of para-hydroxylation sites is 1. The minimum atomic E-state index is -0.0756. The first-order valence-corrected chi connectivity index (χ1v) is 9.69. The molecule has 1 atom stereocenters. The van der Waals surface area contributed by atoms with Crippen LogP contribution in [0.1, 0.15) is 24.1 Å². The van der Waals surface area contributed by atoms with Gasteiger partial charge in [-0.25, -0.2) is 0 Å². The minimum absolute atomic E-state index is 0.0187. The van der Waals surface area contributed by atoms with Crippen molar-refractivity contribution in [2.24, 2.45) is 0 Å². The van der Waals surface area contributed by atoms with E-state index in [1.807, 2.05) is 55.3 Å². The fraction of sp³-hybridized carbons (Fsp3) is 0.292. The predicted molar refractivity (Wildman–Crippen MR) is 116 cm³/mol. The van der Waals surface area contributed by atoms with Crippen LogP contribution in [-0.2, 0) is 11.3 Å². The molecular weight excluding hydrogens is 364 g/mol. The van der Waals surface area contributed by atoms with Gasteiger partial charge < -0.3 is 14.8 Å². The van der Waals surface area contributed by atoms with E-state index in [1.54, 1.807) is 14.2 Å². The Labute approximate surface area is 172 Å². The van der Waals surface area contributed by atoms with Crippen molar-refractivity contribution in [3.8, 4) is 11.5 Å². The summed E-state index contributed by atoms with van der Waals surface area (Å²) in [5, 5.41) is 5.46. The molecule has 0 saturated carbocycles. The van der Waals surface area contributed by atoms with Gasteiger partial charge in [-0.15, -0.1) is 0 Å². The van der Waals surface area contributed by atoms with Crippen LogP contribution < -0.4 is 14.8 Å². The molecule has 0 heterocycles. The number of methoxy groups -OCH3 is 2. The van der Waals surface area contributed by atoms with Crippen LogP contribution in [0.4, 0.5) is 0 Å². The number of hydrogen-bond donors (Lipinski definition) is 1. The lowest BCUT2D eigenvalue weighted by atomic mass is 10.00. The Hall–Kier alpha value is -3.05. The molecule has 0 aliphatic heterocycles. The zero-order valence-corrected chi connectivity index (χ0v) is 17.4. The van der Waals surface area contributed by atoms with Gasteiger partial charge in [0.1, 0.15) is 0 Å². The molecule has 5 heteroatoms. The van der Waals surface area contributed by atoms with Gasteiger partial charge in [-0.05, 0) is 36.4 Å². The highest BCUT2D eigenvalue weighted by atomic mass is 16.5. The molecule has 152 valence electrons. The van der Waals surface area contributed by atoms with Gasteiger partial charge in [-0.1, -0.05) is 54.6 Å². The third-order valence-electron chi connectivity index (χ3n) is 5.01. The first-order valence-electron chi connectivity index (χ1n) is 9.69. The zero-order valence-electron chi connectivity index (χ0n) is 17.4. The average molecular weight is 392 g/mol. The molecule has 3 aromatic rings. The van der Waals surface area contributed by atoms with Gasteiger partial charge in [0.05, 0.1) is 26.8 Å². The molecule has 29 heavy (non-hydrogen) atoms. The number of ether oxygens (including phenoxy) is 2. The van der Waals surface area contributed by atoms with Crippen molar-refractivity contribution in [1.29, 1.82) is 0 Å². The maximum absolute atomic E-state index is 12.6. The third kappa shape index (κ3) is 4.87. The van der Waals surface area contributed by atoms with Crippen LogP contribution in [0.25, 0.3) is 10.8 Å². The molecule has 0 spiro atoms. The number of likely N-dealkylation sites (N-methyl/N-ethyl adjacent to an activating group) is 1. The summed E-state index contributed by atoms with van der Waals surface area (Å²) in [6, 6.07) is 20.1. The van der Waals surface area contributed by atoms with E-state index in [0.717, 1.165) is 16.5 Å². The van der Waals surface area contributed by atoms with E-state index in [4.69, 9.17) is 9.47 Å². The smallest absolute Gasteiger partial charge is 0.234 e. The summed E-state index contributed by atoms with van der Waals surface area (Å²) in [4.78, 5) is 14.6. The number of carbonyl (C=O) groups excluding carboxylic acids is 1. The van der Waals surface area contributed by atoms with E-state index in [1.165, 1.54) is 5.39 Å². The van der Waals surface area contributed by atoms with Crippen LogP contribution in [-0.4, -0.2) is 38.6 Å². The summed E-state index contributed by atoms with van der Waals surface area (Å²) in [5.41, 5.74) is 2.10. The lowest BCUT2D eigenvalue weighted by Crippen LogP contribution is -2.36. The highest BCUT2D eigenvalue weighted by Gasteiger charge is 2.16. The molecule has 1 N–H and O–H groups in total. The second-order valence-corrected chi connectivity index (χ2v) is 7.18. The Morgan fingerprint density at radius 2 is 1.72 bits per heavy atom. The second-order valence-electron chi connectivity index (χ2n) is 7.18. The molecule has 1 amide bonds. The normalized spacial score (nSPS) is 12.0. The van der Waals surface area contributed by atoms with Gasteiger partial charge in [0.15, 0.2) is 11.5 Å². The van der Waals surface area contributed by atoms with E-state index >= 15 is 0 Å². The molecule has 3 aromatic carbocycles. The number of hydrogen-bond acceptors (Lipinski definition) is 4. The highest BCUT2D eigenvalue weighted by Crippen LogP contribution is 2.31. The van der Waals surface area contributed by atoms with Crippen LogP contribution in [0, 0.1) is 0 Å². The van der Waals surface area contributed by atoms with Gasteiger partial charge in [0.2, 0.25) is 5.91 Å². The van der Waals surface area contributed by atoms with Crippen LogP contribution in [0.5, 0.6) is 11.5 Å². The summed E-state index contributed by atoms with van der Waals surface area (Å²) in [7, 11) is 5.16. The second kappa shape index (κ2) is 9.43. The summed E-state index contributed by atoms with van der Waals surface area (Å²) in [6.45, 7) is 2.89. The minimum Gasteiger partial charge on any atom is -0.493 e. The summed E-state index contributed by atoms with van der Waals surface area (Å²) in [6.07, 6.45) is 0. The average Bonchev–Trinajstić information content (AvgIpc) is 2.72. The highest BCUT2D eigenvalue weighted by molar-refractivity contribution is 5.87. The Morgan fingerprint density at radius 1 is 1.00 bits per heavy atom. The number of amides is 1. The van der Waals surface area contributed by atoms with E-state index in [9.17, 15) is 4.79 Å². The lowest BCUT2D eigenvalue weighted by molar-refractivity contribution is -0.122. The fourth-order valence-electron chi connectivity index (χ4n) is 3.66. The van der Waals surface area contributed by atoms with E-state index < -0.39 is 0 Å². The predicted octanol–water partition coefficient (Wildman–Crippen LogP) is 4.17. The topological polar surface area (TPSA) is 50.8 Å². The van der Waals surface area contributed by atoms with E-state index in [-0.39, 0.29) is 18.5 Å². The van der Waals surface area contributed by atoms with Gasteiger partial charge in [-0.3, -0.25) is 9.69 Å². The standard InChI is InChI=1S/C24H28N2O3/c1-17(20-13-7-10-18-9-5-6-12-21(18)20)25-23(27)16-26(2)15-19-11-8-14-22(28-3)24(19)29-4/h5-14,17H,15-16H2,1-4H3,(H,25,27)/t17-/m1/s1. The maximum atomic E-state index is 12.6. The fourth-order valence-corrected chi connectivity index (χ4v) is 3.66.